The summed E-state index contributed by atoms with van der Waals surface area (Å²) in [5.74, 6) is 0.632. The molecule has 1 rings (SSSR count). The molecule has 0 saturated heterocycles. The molecule has 0 aliphatic carbocycles. The van der Waals surface area contributed by atoms with Gasteiger partial charge in [0, 0.05) is 15.0 Å². The first kappa shape index (κ1) is 15.4. The van der Waals surface area contributed by atoms with Crippen molar-refractivity contribution in [3.8, 4) is 0 Å². The molecule has 1 aromatic rings. The van der Waals surface area contributed by atoms with E-state index < -0.39 is 0 Å². The molecule has 0 radical (unpaired) electrons. The molecule has 86 valence electrons. The Morgan fingerprint density at radius 2 is 1.80 bits per heavy atom. The molecule has 0 spiro atoms. The van der Waals surface area contributed by atoms with Gasteiger partial charge < -0.3 is 5.73 Å². The number of rotatable bonds is 3. The van der Waals surface area contributed by atoms with Crippen LogP contribution in [0.5, 0.6) is 0 Å². The van der Waals surface area contributed by atoms with Gasteiger partial charge in [0.05, 0.1) is 0 Å². The highest BCUT2D eigenvalue weighted by Crippen LogP contribution is 2.27. The fraction of sp³-hybridized carbons (Fsp3) is 0.455. The Hall–Kier alpha value is 0.430. The number of halogens is 3. The molecule has 1 nitrogen and oxygen atoms in total. The maximum Gasteiger partial charge on any atom is 0.0320 e. The van der Waals surface area contributed by atoms with Crippen LogP contribution in [0.1, 0.15) is 31.9 Å². The van der Waals surface area contributed by atoms with Crippen molar-refractivity contribution in [3.05, 3.63) is 32.7 Å². The van der Waals surface area contributed by atoms with Crippen molar-refractivity contribution in [1.29, 1.82) is 0 Å². The van der Waals surface area contributed by atoms with E-state index >= 15 is 0 Å². The van der Waals surface area contributed by atoms with Crippen LogP contribution in [-0.4, -0.2) is 0 Å². The van der Waals surface area contributed by atoms with Crippen molar-refractivity contribution < 1.29 is 0 Å². The molecule has 0 fully saturated rings. The van der Waals surface area contributed by atoms with Gasteiger partial charge in [-0.1, -0.05) is 19.9 Å². The second kappa shape index (κ2) is 6.89. The lowest BCUT2D eigenvalue weighted by Gasteiger charge is -2.15. The average molecular weight is 358 g/mol. The van der Waals surface area contributed by atoms with E-state index in [1.807, 2.05) is 6.07 Å². The van der Waals surface area contributed by atoms with Crippen molar-refractivity contribution >= 4 is 44.3 Å². The van der Waals surface area contributed by atoms with Gasteiger partial charge in [-0.05, 0) is 61.9 Å². The van der Waals surface area contributed by atoms with Gasteiger partial charge in [-0.2, -0.15) is 0 Å². The van der Waals surface area contributed by atoms with Crippen LogP contribution < -0.4 is 5.73 Å². The molecule has 0 aliphatic rings. The SMILES string of the molecule is CC(C)C[C@@H](N)c1ccc(Br)c(Br)c1.Cl. The summed E-state index contributed by atoms with van der Waals surface area (Å²) in [7, 11) is 0. The van der Waals surface area contributed by atoms with Gasteiger partial charge in [0.25, 0.3) is 0 Å². The van der Waals surface area contributed by atoms with Crippen LogP contribution in [0.3, 0.4) is 0 Å². The van der Waals surface area contributed by atoms with Crippen molar-refractivity contribution in [3.63, 3.8) is 0 Å². The van der Waals surface area contributed by atoms with Crippen LogP contribution >= 0.6 is 44.3 Å². The zero-order valence-electron chi connectivity index (χ0n) is 8.84. The summed E-state index contributed by atoms with van der Waals surface area (Å²) in [4.78, 5) is 0. The second-order valence-electron chi connectivity index (χ2n) is 3.91. The van der Waals surface area contributed by atoms with E-state index in [1.54, 1.807) is 0 Å². The van der Waals surface area contributed by atoms with Gasteiger partial charge in [-0.3, -0.25) is 0 Å². The second-order valence-corrected chi connectivity index (χ2v) is 5.62. The normalized spacial score (nSPS) is 12.4. The molecule has 1 atom stereocenters. The Labute approximate surface area is 114 Å². The van der Waals surface area contributed by atoms with Gasteiger partial charge in [-0.25, -0.2) is 0 Å². The molecule has 0 unspecified atom stereocenters. The number of nitrogens with two attached hydrogens (primary N) is 1. The van der Waals surface area contributed by atoms with E-state index in [0.717, 1.165) is 15.4 Å². The van der Waals surface area contributed by atoms with Gasteiger partial charge in [-0.15, -0.1) is 12.4 Å². The quantitative estimate of drug-likeness (QED) is 0.835. The molecule has 0 aromatic heterocycles. The molecular weight excluding hydrogens is 341 g/mol. The highest BCUT2D eigenvalue weighted by atomic mass is 79.9. The standard InChI is InChI=1S/C11H15Br2N.ClH/c1-7(2)5-11(14)8-3-4-9(12)10(13)6-8;/h3-4,6-7,11H,5,14H2,1-2H3;1H/t11-;/m1./s1. The van der Waals surface area contributed by atoms with E-state index in [0.29, 0.717) is 5.92 Å². The van der Waals surface area contributed by atoms with Crippen molar-refractivity contribution in [2.24, 2.45) is 11.7 Å². The fourth-order valence-corrected chi connectivity index (χ4v) is 2.03. The van der Waals surface area contributed by atoms with Crippen LogP contribution in [0, 0.1) is 5.92 Å². The molecular formula is C11H16Br2ClN. The van der Waals surface area contributed by atoms with Crippen molar-refractivity contribution in [2.45, 2.75) is 26.3 Å². The van der Waals surface area contributed by atoms with Crippen molar-refractivity contribution in [2.75, 3.05) is 0 Å². The van der Waals surface area contributed by atoms with Crippen LogP contribution in [0.2, 0.25) is 0 Å². The topological polar surface area (TPSA) is 26.0 Å². The first-order valence-corrected chi connectivity index (χ1v) is 6.30. The first-order valence-electron chi connectivity index (χ1n) is 4.71. The third-order valence-electron chi connectivity index (χ3n) is 2.10. The Morgan fingerprint density at radius 1 is 1.20 bits per heavy atom. The zero-order chi connectivity index (χ0) is 10.7. The molecule has 0 heterocycles. The predicted octanol–water partition coefficient (Wildman–Crippen LogP) is 4.68. The van der Waals surface area contributed by atoms with Crippen LogP contribution in [0.15, 0.2) is 27.1 Å². The lowest BCUT2D eigenvalue weighted by atomic mass is 9.98. The minimum atomic E-state index is 0. The van der Waals surface area contributed by atoms with E-state index in [9.17, 15) is 0 Å². The summed E-state index contributed by atoms with van der Waals surface area (Å²) in [5.41, 5.74) is 7.27. The molecule has 0 amide bonds. The number of benzene rings is 1. The zero-order valence-corrected chi connectivity index (χ0v) is 12.8. The van der Waals surface area contributed by atoms with Gasteiger partial charge in [0.2, 0.25) is 0 Å². The molecule has 4 heteroatoms. The maximum absolute atomic E-state index is 6.08. The van der Waals surface area contributed by atoms with E-state index in [2.05, 4.69) is 57.8 Å². The Kier molecular flexibility index (Phi) is 7.09. The molecule has 0 saturated carbocycles. The highest BCUT2D eigenvalue weighted by Gasteiger charge is 2.09. The minimum Gasteiger partial charge on any atom is -0.324 e. The third-order valence-corrected chi connectivity index (χ3v) is 3.98. The van der Waals surface area contributed by atoms with E-state index in [1.165, 1.54) is 5.56 Å². The van der Waals surface area contributed by atoms with E-state index in [-0.39, 0.29) is 18.4 Å². The van der Waals surface area contributed by atoms with Crippen LogP contribution in [0.4, 0.5) is 0 Å². The monoisotopic (exact) mass is 355 g/mol. The lowest BCUT2D eigenvalue weighted by molar-refractivity contribution is 0.510. The summed E-state index contributed by atoms with van der Waals surface area (Å²) in [6, 6.07) is 6.32. The van der Waals surface area contributed by atoms with Crippen LogP contribution in [0.25, 0.3) is 0 Å². The van der Waals surface area contributed by atoms with Crippen LogP contribution in [-0.2, 0) is 0 Å². The highest BCUT2D eigenvalue weighted by molar-refractivity contribution is 9.13. The molecule has 0 aliphatic heterocycles. The summed E-state index contributed by atoms with van der Waals surface area (Å²) < 4.78 is 2.13. The Morgan fingerprint density at radius 3 is 2.27 bits per heavy atom. The largest absolute Gasteiger partial charge is 0.324 e. The summed E-state index contributed by atoms with van der Waals surface area (Å²) in [6.45, 7) is 4.38. The number of hydrogen-bond donors (Lipinski definition) is 1. The summed E-state index contributed by atoms with van der Waals surface area (Å²) in [6.07, 6.45) is 1.02. The van der Waals surface area contributed by atoms with Crippen molar-refractivity contribution in [1.82, 2.24) is 0 Å². The first-order chi connectivity index (χ1) is 6.50. The van der Waals surface area contributed by atoms with Gasteiger partial charge in [0.1, 0.15) is 0 Å². The smallest absolute Gasteiger partial charge is 0.0320 e. The molecule has 1 aromatic carbocycles. The minimum absolute atomic E-state index is 0. The summed E-state index contributed by atoms with van der Waals surface area (Å²) in [5, 5.41) is 0. The summed E-state index contributed by atoms with van der Waals surface area (Å²) >= 11 is 6.92. The third kappa shape index (κ3) is 4.85. The fourth-order valence-electron chi connectivity index (χ4n) is 1.39. The molecule has 2 N–H and O–H groups in total. The van der Waals surface area contributed by atoms with Gasteiger partial charge in [0.15, 0.2) is 0 Å². The maximum atomic E-state index is 6.08. The van der Waals surface area contributed by atoms with E-state index in [4.69, 9.17) is 5.73 Å². The Bertz CT molecular complexity index is 315. The Balaban J connectivity index is 0.00000196. The molecule has 15 heavy (non-hydrogen) atoms. The lowest BCUT2D eigenvalue weighted by Crippen LogP contribution is -2.12. The predicted molar refractivity (Wildman–Crippen MR) is 75.5 cm³/mol. The number of hydrogen-bond acceptors (Lipinski definition) is 1. The molecule has 0 bridgehead atoms. The van der Waals surface area contributed by atoms with Gasteiger partial charge >= 0.3 is 0 Å². The average Bonchev–Trinajstić information content (AvgIpc) is 2.08.